The van der Waals surface area contributed by atoms with Gasteiger partial charge < -0.3 is 4.74 Å². The van der Waals surface area contributed by atoms with Gasteiger partial charge in [0.25, 0.3) is 0 Å². The van der Waals surface area contributed by atoms with Gasteiger partial charge in [-0.05, 0) is 6.92 Å². The summed E-state index contributed by atoms with van der Waals surface area (Å²) in [5.41, 5.74) is 0.711. The summed E-state index contributed by atoms with van der Waals surface area (Å²) >= 11 is 0. The highest BCUT2D eigenvalue weighted by molar-refractivity contribution is 5.95. The topological polar surface area (TPSA) is 43.4 Å². The maximum Gasteiger partial charge on any atom is 0.308 e. The van der Waals surface area contributed by atoms with Gasteiger partial charge in [-0.1, -0.05) is 30.3 Å². The van der Waals surface area contributed by atoms with Crippen LogP contribution >= 0.6 is 0 Å². The molecule has 0 unspecified atom stereocenters. The smallest absolute Gasteiger partial charge is 0.308 e. The van der Waals surface area contributed by atoms with E-state index in [1.807, 2.05) is 18.2 Å². The van der Waals surface area contributed by atoms with Crippen molar-refractivity contribution in [3.05, 3.63) is 42.0 Å². The average Bonchev–Trinajstić information content (AvgIpc) is 2.17. The van der Waals surface area contributed by atoms with Gasteiger partial charge in [0.15, 0.2) is 5.78 Å². The van der Waals surface area contributed by atoms with E-state index >= 15 is 0 Å². The lowest BCUT2D eigenvalue weighted by Crippen LogP contribution is -2.00. The van der Waals surface area contributed by atoms with Gasteiger partial charge in [0, 0.05) is 18.6 Å². The molecule has 15 heavy (non-hydrogen) atoms. The number of benzene rings is 1. The molecule has 1 aromatic carbocycles. The summed E-state index contributed by atoms with van der Waals surface area (Å²) in [5.74, 6) is -0.308. The Kier molecular flexibility index (Phi) is 3.80. The van der Waals surface area contributed by atoms with Gasteiger partial charge in [-0.15, -0.1) is 0 Å². The molecule has 0 N–H and O–H groups in total. The first-order valence-corrected chi connectivity index (χ1v) is 4.55. The van der Waals surface area contributed by atoms with E-state index in [2.05, 4.69) is 0 Å². The fourth-order valence-electron chi connectivity index (χ4n) is 1.11. The lowest BCUT2D eigenvalue weighted by molar-refractivity contribution is -0.134. The molecule has 3 heteroatoms. The third-order valence-electron chi connectivity index (χ3n) is 1.65. The Hall–Kier alpha value is -1.90. The highest BCUT2D eigenvalue weighted by Crippen LogP contribution is 2.15. The molecule has 0 aliphatic heterocycles. The number of ether oxygens (including phenoxy) is 1. The summed E-state index contributed by atoms with van der Waals surface area (Å²) in [4.78, 5) is 21.8. The molecule has 0 atom stereocenters. The van der Waals surface area contributed by atoms with Crippen molar-refractivity contribution in [3.63, 3.8) is 0 Å². The lowest BCUT2D eigenvalue weighted by Gasteiger charge is -2.05. The zero-order valence-electron chi connectivity index (χ0n) is 8.69. The Balaban J connectivity index is 3.02. The fraction of sp³-hybridized carbons (Fsp3) is 0.167. The predicted molar refractivity (Wildman–Crippen MR) is 56.9 cm³/mol. The SMILES string of the molecule is CC(=O)/C=C(/OC(C)=O)c1ccccc1. The van der Waals surface area contributed by atoms with Gasteiger partial charge in [-0.25, -0.2) is 0 Å². The minimum Gasteiger partial charge on any atom is -0.426 e. The summed E-state index contributed by atoms with van der Waals surface area (Å²) in [7, 11) is 0. The van der Waals surface area contributed by atoms with Crippen LogP contribution in [0, 0.1) is 0 Å². The first-order valence-electron chi connectivity index (χ1n) is 4.55. The van der Waals surface area contributed by atoms with Crippen molar-refractivity contribution in [2.45, 2.75) is 13.8 Å². The van der Waals surface area contributed by atoms with Crippen molar-refractivity contribution in [2.75, 3.05) is 0 Å². The van der Waals surface area contributed by atoms with E-state index in [0.717, 1.165) is 0 Å². The molecule has 0 aromatic heterocycles. The van der Waals surface area contributed by atoms with Gasteiger partial charge in [-0.3, -0.25) is 9.59 Å². The number of ketones is 1. The number of carbonyl (C=O) groups is 2. The molecule has 1 rings (SSSR count). The Morgan fingerprint density at radius 1 is 1.13 bits per heavy atom. The van der Waals surface area contributed by atoms with E-state index in [0.29, 0.717) is 5.56 Å². The van der Waals surface area contributed by atoms with Crippen LogP contribution in [0.2, 0.25) is 0 Å². The quantitative estimate of drug-likeness (QED) is 0.430. The van der Waals surface area contributed by atoms with Crippen LogP contribution in [0.1, 0.15) is 19.4 Å². The maximum atomic E-state index is 10.9. The van der Waals surface area contributed by atoms with Crippen LogP contribution < -0.4 is 0 Å². The molecule has 0 heterocycles. The average molecular weight is 204 g/mol. The Morgan fingerprint density at radius 3 is 2.20 bits per heavy atom. The molecule has 0 aliphatic rings. The van der Waals surface area contributed by atoms with Gasteiger partial charge in [-0.2, -0.15) is 0 Å². The van der Waals surface area contributed by atoms with Crippen molar-refractivity contribution in [2.24, 2.45) is 0 Å². The highest BCUT2D eigenvalue weighted by Gasteiger charge is 2.06. The summed E-state index contributed by atoms with van der Waals surface area (Å²) < 4.78 is 4.95. The van der Waals surface area contributed by atoms with Crippen LogP contribution in [0.25, 0.3) is 5.76 Å². The number of rotatable bonds is 3. The standard InChI is InChI=1S/C12H12O3/c1-9(13)8-12(15-10(2)14)11-6-4-3-5-7-11/h3-8H,1-2H3/b12-8+. The first kappa shape index (κ1) is 11.2. The van der Waals surface area contributed by atoms with Gasteiger partial charge in [0.05, 0.1) is 0 Å². The number of allylic oxidation sites excluding steroid dienone is 1. The molecule has 0 aliphatic carbocycles. The second kappa shape index (κ2) is 5.10. The van der Waals surface area contributed by atoms with Crippen LogP contribution in [-0.4, -0.2) is 11.8 Å². The fourth-order valence-corrected chi connectivity index (χ4v) is 1.11. The molecule has 0 amide bonds. The number of esters is 1. The molecular formula is C12H12O3. The largest absolute Gasteiger partial charge is 0.426 e. The monoisotopic (exact) mass is 204 g/mol. The van der Waals surface area contributed by atoms with E-state index in [-0.39, 0.29) is 11.5 Å². The molecule has 78 valence electrons. The van der Waals surface area contributed by atoms with Crippen molar-refractivity contribution < 1.29 is 14.3 Å². The minimum atomic E-state index is -0.439. The summed E-state index contributed by atoms with van der Waals surface area (Å²) in [6.07, 6.45) is 1.30. The van der Waals surface area contributed by atoms with E-state index in [1.54, 1.807) is 12.1 Å². The van der Waals surface area contributed by atoms with Crippen molar-refractivity contribution in [1.29, 1.82) is 0 Å². The summed E-state index contributed by atoms with van der Waals surface area (Å²) in [5, 5.41) is 0. The van der Waals surface area contributed by atoms with Gasteiger partial charge >= 0.3 is 5.97 Å². The Morgan fingerprint density at radius 2 is 1.73 bits per heavy atom. The number of hydrogen-bond donors (Lipinski definition) is 0. The van der Waals surface area contributed by atoms with Gasteiger partial charge in [0.2, 0.25) is 0 Å². The van der Waals surface area contributed by atoms with Crippen molar-refractivity contribution in [1.82, 2.24) is 0 Å². The molecule has 1 aromatic rings. The van der Waals surface area contributed by atoms with Crippen molar-refractivity contribution >= 4 is 17.5 Å². The van der Waals surface area contributed by atoms with E-state index in [9.17, 15) is 9.59 Å². The molecule has 0 saturated carbocycles. The molecule has 0 bridgehead atoms. The van der Waals surface area contributed by atoms with E-state index < -0.39 is 5.97 Å². The maximum absolute atomic E-state index is 10.9. The van der Waals surface area contributed by atoms with Crippen molar-refractivity contribution in [3.8, 4) is 0 Å². The van der Waals surface area contributed by atoms with Crippen LogP contribution in [0.15, 0.2) is 36.4 Å². The number of hydrogen-bond acceptors (Lipinski definition) is 3. The molecule has 3 nitrogen and oxygen atoms in total. The zero-order chi connectivity index (χ0) is 11.3. The van der Waals surface area contributed by atoms with Gasteiger partial charge in [0.1, 0.15) is 5.76 Å². The van der Waals surface area contributed by atoms with Crippen LogP contribution in [-0.2, 0) is 14.3 Å². The van der Waals surface area contributed by atoms with Crippen LogP contribution in [0.3, 0.4) is 0 Å². The zero-order valence-corrected chi connectivity index (χ0v) is 8.69. The molecule has 0 saturated heterocycles. The summed E-state index contributed by atoms with van der Waals surface area (Å²) in [6, 6.07) is 9.03. The summed E-state index contributed by atoms with van der Waals surface area (Å²) in [6.45, 7) is 2.71. The highest BCUT2D eigenvalue weighted by atomic mass is 16.5. The predicted octanol–water partition coefficient (Wildman–Crippen LogP) is 2.18. The lowest BCUT2D eigenvalue weighted by atomic mass is 10.1. The third-order valence-corrected chi connectivity index (χ3v) is 1.65. The molecular weight excluding hydrogens is 192 g/mol. The molecule has 0 radical (unpaired) electrons. The van der Waals surface area contributed by atoms with Crippen LogP contribution in [0.5, 0.6) is 0 Å². The Bertz CT molecular complexity index is 391. The second-order valence-corrected chi connectivity index (χ2v) is 3.08. The first-order chi connectivity index (χ1) is 7.09. The Labute approximate surface area is 88.4 Å². The normalized spacial score (nSPS) is 10.9. The van der Waals surface area contributed by atoms with Crippen LogP contribution in [0.4, 0.5) is 0 Å². The van der Waals surface area contributed by atoms with E-state index in [1.165, 1.54) is 19.9 Å². The third kappa shape index (κ3) is 3.77. The number of carbonyl (C=O) groups excluding carboxylic acids is 2. The van der Waals surface area contributed by atoms with E-state index in [4.69, 9.17) is 4.74 Å². The minimum absolute atomic E-state index is 0.157. The molecule has 0 spiro atoms. The second-order valence-electron chi connectivity index (χ2n) is 3.08. The molecule has 0 fully saturated rings.